The Morgan fingerprint density at radius 3 is 2.68 bits per heavy atom. The van der Waals surface area contributed by atoms with Crippen LogP contribution in [-0.4, -0.2) is 35.7 Å². The van der Waals surface area contributed by atoms with Crippen LogP contribution in [0.15, 0.2) is 34.0 Å². The van der Waals surface area contributed by atoms with Crippen molar-refractivity contribution in [2.24, 2.45) is 5.92 Å². The van der Waals surface area contributed by atoms with Crippen LogP contribution in [0.3, 0.4) is 0 Å². The number of nitrogen functional groups attached to an aromatic ring is 1. The van der Waals surface area contributed by atoms with Crippen molar-refractivity contribution in [1.82, 2.24) is 9.55 Å². The molecule has 0 aromatic carbocycles. The van der Waals surface area contributed by atoms with E-state index in [9.17, 15) is 14.4 Å². The number of rotatable bonds is 8. The van der Waals surface area contributed by atoms with Crippen LogP contribution in [-0.2, 0) is 22.6 Å². The molecule has 0 saturated heterocycles. The van der Waals surface area contributed by atoms with Gasteiger partial charge in [-0.3, -0.25) is 24.0 Å². The van der Waals surface area contributed by atoms with Gasteiger partial charge in [-0.15, -0.1) is 0 Å². The first-order valence-electron chi connectivity index (χ1n) is 9.13. The second-order valence-corrected chi connectivity index (χ2v) is 7.01. The molecule has 2 aromatic rings. The molecule has 28 heavy (non-hydrogen) atoms. The zero-order chi connectivity index (χ0) is 20.8. The van der Waals surface area contributed by atoms with Crippen LogP contribution in [0.5, 0.6) is 0 Å². The number of carbonyl (C=O) groups is 1. The Morgan fingerprint density at radius 2 is 2.07 bits per heavy atom. The third-order valence-electron chi connectivity index (χ3n) is 4.33. The number of aromatic amines is 1. The Labute approximate surface area is 163 Å². The van der Waals surface area contributed by atoms with Gasteiger partial charge in [0.2, 0.25) is 6.54 Å². The lowest BCUT2D eigenvalue weighted by Crippen LogP contribution is -2.49. The van der Waals surface area contributed by atoms with Gasteiger partial charge in [-0.1, -0.05) is 19.9 Å². The summed E-state index contributed by atoms with van der Waals surface area (Å²) in [5, 5.41) is 0. The van der Waals surface area contributed by atoms with E-state index < -0.39 is 11.2 Å². The number of aromatic nitrogens is 3. The van der Waals surface area contributed by atoms with Crippen molar-refractivity contribution in [2.75, 3.05) is 30.9 Å². The number of carbonyl (C=O) groups excluding carboxylic acids is 1. The highest BCUT2D eigenvalue weighted by Gasteiger charge is 2.27. The lowest BCUT2D eigenvalue weighted by atomic mass is 10.2. The smallest absolute Gasteiger partial charge is 0.330 e. The van der Waals surface area contributed by atoms with Crippen LogP contribution in [0.25, 0.3) is 0 Å². The number of amides is 1. The van der Waals surface area contributed by atoms with Gasteiger partial charge >= 0.3 is 5.69 Å². The van der Waals surface area contributed by atoms with E-state index in [1.54, 1.807) is 10.8 Å². The number of nitrogens with one attached hydrogen (secondary N) is 1. The minimum absolute atomic E-state index is 0.0262. The molecule has 0 aliphatic heterocycles. The topological polar surface area (TPSA) is 114 Å². The van der Waals surface area contributed by atoms with Gasteiger partial charge in [0.1, 0.15) is 5.82 Å². The van der Waals surface area contributed by atoms with E-state index in [0.29, 0.717) is 6.54 Å². The molecule has 2 rings (SSSR count). The van der Waals surface area contributed by atoms with Gasteiger partial charge in [-0.05, 0) is 5.92 Å². The minimum atomic E-state index is -0.693. The molecule has 0 aliphatic carbocycles. The fourth-order valence-corrected chi connectivity index (χ4v) is 2.90. The summed E-state index contributed by atoms with van der Waals surface area (Å²) in [5.74, 6) is -0.227. The standard InChI is InChI=1S/C19H27N5O4/c1-13(2)11-24-17(20)16(18(26)21-19(24)27)23(9-10-28-4)15(25)12-22-8-6-5-7-14(22)3/h5-8,13H,9-12H2,1-4H3,(H2-,20,21,26,27)/p+1. The molecule has 0 aliphatic rings. The van der Waals surface area contributed by atoms with Crippen LogP contribution in [0.2, 0.25) is 0 Å². The summed E-state index contributed by atoms with van der Waals surface area (Å²) < 4.78 is 8.16. The molecular formula is C19H28N5O4+. The number of methoxy groups -OCH3 is 1. The lowest BCUT2D eigenvalue weighted by molar-refractivity contribution is -0.690. The Morgan fingerprint density at radius 1 is 1.36 bits per heavy atom. The Balaban J connectivity index is 2.50. The van der Waals surface area contributed by atoms with Gasteiger partial charge in [0, 0.05) is 39.3 Å². The number of anilines is 2. The average molecular weight is 390 g/mol. The van der Waals surface area contributed by atoms with Gasteiger partial charge in [0.15, 0.2) is 17.6 Å². The fourth-order valence-electron chi connectivity index (χ4n) is 2.90. The molecule has 3 N–H and O–H groups in total. The van der Waals surface area contributed by atoms with Crippen molar-refractivity contribution >= 4 is 17.4 Å². The lowest BCUT2D eigenvalue weighted by Gasteiger charge is -2.23. The van der Waals surface area contributed by atoms with Crippen molar-refractivity contribution in [3.8, 4) is 0 Å². The van der Waals surface area contributed by atoms with Crippen LogP contribution in [0.1, 0.15) is 19.5 Å². The van der Waals surface area contributed by atoms with Crippen LogP contribution >= 0.6 is 0 Å². The highest BCUT2D eigenvalue weighted by molar-refractivity contribution is 5.94. The number of ether oxygens (including phenoxy) is 1. The van der Waals surface area contributed by atoms with E-state index in [0.717, 1.165) is 5.69 Å². The molecule has 0 radical (unpaired) electrons. The maximum Gasteiger partial charge on any atom is 0.330 e. The predicted octanol–water partition coefficient (Wildman–Crippen LogP) is 0.0503. The highest BCUT2D eigenvalue weighted by Crippen LogP contribution is 2.18. The third kappa shape index (κ3) is 4.86. The van der Waals surface area contributed by atoms with Gasteiger partial charge in [-0.25, -0.2) is 4.79 Å². The van der Waals surface area contributed by atoms with E-state index in [1.807, 2.05) is 39.0 Å². The summed E-state index contributed by atoms with van der Waals surface area (Å²) in [5.41, 5.74) is 5.75. The molecule has 9 heteroatoms. The maximum atomic E-state index is 13.0. The number of pyridine rings is 1. The van der Waals surface area contributed by atoms with Gasteiger partial charge in [0.25, 0.3) is 11.5 Å². The van der Waals surface area contributed by atoms with Crippen molar-refractivity contribution in [1.29, 1.82) is 0 Å². The predicted molar refractivity (Wildman–Crippen MR) is 106 cm³/mol. The normalized spacial score (nSPS) is 11.0. The molecule has 0 unspecified atom stereocenters. The van der Waals surface area contributed by atoms with Crippen LogP contribution in [0, 0.1) is 12.8 Å². The molecule has 2 aromatic heterocycles. The van der Waals surface area contributed by atoms with Crippen LogP contribution < -0.4 is 26.4 Å². The summed E-state index contributed by atoms with van der Waals surface area (Å²) >= 11 is 0. The maximum absolute atomic E-state index is 13.0. The van der Waals surface area contributed by atoms with Gasteiger partial charge < -0.3 is 10.5 Å². The number of nitrogens with two attached hydrogens (primary N) is 1. The molecule has 0 atom stereocenters. The zero-order valence-electron chi connectivity index (χ0n) is 16.8. The van der Waals surface area contributed by atoms with Gasteiger partial charge in [-0.2, -0.15) is 4.57 Å². The van der Waals surface area contributed by atoms with E-state index in [1.165, 1.54) is 16.6 Å². The molecule has 2 heterocycles. The van der Waals surface area contributed by atoms with Gasteiger partial charge in [0.05, 0.1) is 6.61 Å². The van der Waals surface area contributed by atoms with Crippen molar-refractivity contribution < 1.29 is 14.1 Å². The first-order valence-corrected chi connectivity index (χ1v) is 9.13. The Kier molecular flexibility index (Phi) is 7.11. The molecule has 1 amide bonds. The molecular weight excluding hydrogens is 362 g/mol. The van der Waals surface area contributed by atoms with Crippen molar-refractivity contribution in [3.63, 3.8) is 0 Å². The average Bonchev–Trinajstić information content (AvgIpc) is 2.63. The summed E-state index contributed by atoms with van der Waals surface area (Å²) in [4.78, 5) is 41.3. The van der Waals surface area contributed by atoms with E-state index in [-0.39, 0.29) is 43.0 Å². The summed E-state index contributed by atoms with van der Waals surface area (Å²) in [6.07, 6.45) is 1.79. The zero-order valence-corrected chi connectivity index (χ0v) is 16.8. The minimum Gasteiger partial charge on any atom is -0.383 e. The molecule has 0 saturated carbocycles. The molecule has 0 spiro atoms. The molecule has 152 valence electrons. The van der Waals surface area contributed by atoms with E-state index in [2.05, 4.69) is 4.98 Å². The second kappa shape index (κ2) is 9.32. The number of hydrogen-bond acceptors (Lipinski definition) is 5. The van der Waals surface area contributed by atoms with E-state index in [4.69, 9.17) is 10.5 Å². The van der Waals surface area contributed by atoms with Crippen LogP contribution in [0.4, 0.5) is 11.5 Å². The number of aryl methyl sites for hydroxylation is 1. The first-order chi connectivity index (χ1) is 13.3. The molecule has 0 fully saturated rings. The monoisotopic (exact) mass is 390 g/mol. The number of hydrogen-bond donors (Lipinski definition) is 2. The summed E-state index contributed by atoms with van der Waals surface area (Å²) in [6.45, 7) is 6.45. The SMILES string of the molecule is COCCN(C(=O)C[n+]1ccccc1C)c1c(N)n(CC(C)C)c(=O)[nH]c1=O. The third-order valence-corrected chi connectivity index (χ3v) is 4.33. The first kappa shape index (κ1) is 21.4. The number of H-pyrrole nitrogens is 1. The largest absolute Gasteiger partial charge is 0.383 e. The Hall–Kier alpha value is -2.94. The summed E-state index contributed by atoms with van der Waals surface area (Å²) in [7, 11) is 1.51. The fraction of sp³-hybridized carbons (Fsp3) is 0.474. The molecule has 9 nitrogen and oxygen atoms in total. The second-order valence-electron chi connectivity index (χ2n) is 7.01. The van der Waals surface area contributed by atoms with Crippen molar-refractivity contribution in [3.05, 3.63) is 50.9 Å². The van der Waals surface area contributed by atoms with Crippen molar-refractivity contribution in [2.45, 2.75) is 33.9 Å². The molecule has 0 bridgehead atoms. The number of nitrogens with zero attached hydrogens (tertiary/aromatic N) is 3. The highest BCUT2D eigenvalue weighted by atomic mass is 16.5. The summed E-state index contributed by atoms with van der Waals surface area (Å²) in [6, 6.07) is 5.59. The Bertz CT molecular complexity index is 948. The quantitative estimate of drug-likeness (QED) is 0.618. The van der Waals surface area contributed by atoms with E-state index >= 15 is 0 Å².